The van der Waals surface area contributed by atoms with Crippen molar-refractivity contribution < 1.29 is 18.0 Å². The second kappa shape index (κ2) is 8.88. The summed E-state index contributed by atoms with van der Waals surface area (Å²) in [6.07, 6.45) is 0.0597. The van der Waals surface area contributed by atoms with Crippen molar-refractivity contribution in [2.45, 2.75) is 25.1 Å². The van der Waals surface area contributed by atoms with E-state index in [1.165, 1.54) is 0 Å². The van der Waals surface area contributed by atoms with Gasteiger partial charge in [0.2, 0.25) is 0 Å². The number of nitrogens with one attached hydrogen (secondary N) is 1. The average Bonchev–Trinajstić information content (AvgIpc) is 3.16. The highest BCUT2D eigenvalue weighted by Crippen LogP contribution is 2.34. The molecule has 0 saturated carbocycles. The third-order valence-electron chi connectivity index (χ3n) is 5.45. The largest absolute Gasteiger partial charge is 0.416 e. The predicted molar refractivity (Wildman–Crippen MR) is 108 cm³/mol. The quantitative estimate of drug-likeness (QED) is 0.587. The van der Waals surface area contributed by atoms with Crippen LogP contribution in [0.5, 0.6) is 0 Å². The Balaban J connectivity index is 1.61. The molecule has 1 N–H and O–H groups in total. The number of benzene rings is 2. The van der Waals surface area contributed by atoms with E-state index in [4.69, 9.17) is 0 Å². The monoisotopic (exact) mass is 403 g/mol. The summed E-state index contributed by atoms with van der Waals surface area (Å²) >= 11 is 0. The van der Waals surface area contributed by atoms with Crippen LogP contribution in [0, 0.1) is 5.92 Å². The number of alkyl halides is 3. The maximum atomic E-state index is 12.8. The molecule has 2 aromatic carbocycles. The number of carbonyl (C=O) groups is 1. The molecule has 0 unspecified atom stereocenters. The predicted octanol–water partition coefficient (Wildman–Crippen LogP) is 3.83. The number of carbonyl (C=O) groups excluding carboxylic acids is 1. The van der Waals surface area contributed by atoms with Crippen LogP contribution in [0.3, 0.4) is 0 Å². The SMILES string of the molecule is C[Si@H](C(=O)/C=C/C[C@H]1CNC[C@@H]1c1ccc(C(F)(F)F)cc1)c1ccccc1. The van der Waals surface area contributed by atoms with E-state index in [-0.39, 0.29) is 17.2 Å². The topological polar surface area (TPSA) is 29.1 Å². The van der Waals surface area contributed by atoms with E-state index in [1.807, 2.05) is 43.0 Å². The fourth-order valence-electron chi connectivity index (χ4n) is 3.70. The first-order chi connectivity index (χ1) is 13.4. The van der Waals surface area contributed by atoms with Gasteiger partial charge >= 0.3 is 6.18 Å². The van der Waals surface area contributed by atoms with Gasteiger partial charge in [-0.15, -0.1) is 0 Å². The molecule has 0 amide bonds. The van der Waals surface area contributed by atoms with Gasteiger partial charge in [0.15, 0.2) is 8.80 Å². The van der Waals surface area contributed by atoms with Crippen LogP contribution >= 0.6 is 0 Å². The molecule has 3 rings (SSSR count). The number of halogens is 3. The van der Waals surface area contributed by atoms with Crippen LogP contribution in [0.4, 0.5) is 13.2 Å². The van der Waals surface area contributed by atoms with Crippen molar-refractivity contribution in [3.63, 3.8) is 0 Å². The minimum atomic E-state index is -4.31. The Morgan fingerprint density at radius 3 is 2.43 bits per heavy atom. The number of hydrogen-bond acceptors (Lipinski definition) is 2. The van der Waals surface area contributed by atoms with Gasteiger partial charge in [-0.25, -0.2) is 0 Å². The summed E-state index contributed by atoms with van der Waals surface area (Å²) in [5.74, 6) is 0.431. The zero-order valence-electron chi connectivity index (χ0n) is 15.7. The van der Waals surface area contributed by atoms with E-state index < -0.39 is 20.5 Å². The van der Waals surface area contributed by atoms with Crippen molar-refractivity contribution in [3.8, 4) is 0 Å². The molecule has 2 aromatic rings. The Hall–Kier alpha value is -2.18. The first kappa shape index (κ1) is 20.5. The molecule has 0 aromatic heterocycles. The molecule has 1 saturated heterocycles. The van der Waals surface area contributed by atoms with Gasteiger partial charge in [0.05, 0.1) is 5.56 Å². The minimum Gasteiger partial charge on any atom is -0.316 e. The number of rotatable bonds is 6. The molecule has 0 bridgehead atoms. The number of allylic oxidation sites excluding steroid dienone is 2. The average molecular weight is 404 g/mol. The van der Waals surface area contributed by atoms with E-state index in [0.717, 1.165) is 42.4 Å². The summed E-state index contributed by atoms with van der Waals surface area (Å²) in [5, 5.41) is 4.64. The minimum absolute atomic E-state index is 0.158. The van der Waals surface area contributed by atoms with Gasteiger partial charge in [0.25, 0.3) is 0 Å². The molecule has 1 aliphatic rings. The molecule has 148 valence electrons. The van der Waals surface area contributed by atoms with Crippen molar-refractivity contribution in [1.29, 1.82) is 0 Å². The smallest absolute Gasteiger partial charge is 0.316 e. The summed E-state index contributed by atoms with van der Waals surface area (Å²) in [7, 11) is -1.66. The van der Waals surface area contributed by atoms with Gasteiger partial charge in [-0.2, -0.15) is 13.2 Å². The van der Waals surface area contributed by atoms with Crippen molar-refractivity contribution in [1.82, 2.24) is 5.32 Å². The molecule has 1 fully saturated rings. The Kier molecular flexibility index (Phi) is 6.52. The van der Waals surface area contributed by atoms with Crippen molar-refractivity contribution in [2.75, 3.05) is 13.1 Å². The Morgan fingerprint density at radius 2 is 1.79 bits per heavy atom. The summed E-state index contributed by atoms with van der Waals surface area (Å²) in [6, 6.07) is 15.3. The zero-order chi connectivity index (χ0) is 20.1. The van der Waals surface area contributed by atoms with E-state index >= 15 is 0 Å². The van der Waals surface area contributed by atoms with E-state index in [9.17, 15) is 18.0 Å². The second-order valence-corrected chi connectivity index (χ2v) is 10.00. The summed E-state index contributed by atoms with van der Waals surface area (Å²) in [6.45, 7) is 3.58. The van der Waals surface area contributed by atoms with Crippen LogP contribution in [0.1, 0.15) is 23.5 Å². The Labute approximate surface area is 165 Å². The highest BCUT2D eigenvalue weighted by Gasteiger charge is 2.32. The lowest BCUT2D eigenvalue weighted by Crippen LogP contribution is -2.34. The van der Waals surface area contributed by atoms with Gasteiger partial charge in [0, 0.05) is 12.5 Å². The summed E-state index contributed by atoms with van der Waals surface area (Å²) in [5.41, 5.74) is 0.291. The van der Waals surface area contributed by atoms with Crippen LogP contribution in [0.15, 0.2) is 66.7 Å². The van der Waals surface area contributed by atoms with Gasteiger partial charge in [0.1, 0.15) is 5.41 Å². The molecule has 0 spiro atoms. The van der Waals surface area contributed by atoms with Crippen molar-refractivity contribution in [3.05, 3.63) is 77.9 Å². The molecule has 3 atom stereocenters. The van der Waals surface area contributed by atoms with E-state index in [0.29, 0.717) is 0 Å². The maximum absolute atomic E-state index is 12.8. The van der Waals surface area contributed by atoms with Gasteiger partial charge < -0.3 is 10.1 Å². The summed E-state index contributed by atoms with van der Waals surface area (Å²) < 4.78 is 38.3. The fraction of sp³-hybridized carbons (Fsp3) is 0.318. The highest BCUT2D eigenvalue weighted by molar-refractivity contribution is 7.00. The first-order valence-corrected chi connectivity index (χ1v) is 11.8. The molecule has 1 heterocycles. The van der Waals surface area contributed by atoms with Gasteiger partial charge in [-0.3, -0.25) is 0 Å². The van der Waals surface area contributed by atoms with E-state index in [1.54, 1.807) is 18.2 Å². The standard InChI is InChI=1S/C22H24F3NOSi/c1-28(19-7-3-2-4-8-19)21(27)9-5-6-17-14-26-15-20(17)16-10-12-18(13-11-16)22(23,24)25/h2-5,7-13,17,20,26,28H,6,14-15H2,1H3/b9-5+/t17-,20+,28-/m0/s1. The molecule has 0 aliphatic carbocycles. The lowest BCUT2D eigenvalue weighted by atomic mass is 9.86. The van der Waals surface area contributed by atoms with Crippen LogP contribution in [-0.4, -0.2) is 27.3 Å². The lowest BCUT2D eigenvalue weighted by molar-refractivity contribution is -0.137. The van der Waals surface area contributed by atoms with Crippen molar-refractivity contribution >= 4 is 19.4 Å². The van der Waals surface area contributed by atoms with Gasteiger partial charge in [-0.1, -0.05) is 60.3 Å². The summed E-state index contributed by atoms with van der Waals surface area (Å²) in [4.78, 5) is 12.5. The highest BCUT2D eigenvalue weighted by atomic mass is 28.3. The maximum Gasteiger partial charge on any atom is 0.416 e. The third kappa shape index (κ3) is 5.00. The molecule has 6 heteroatoms. The van der Waals surface area contributed by atoms with Crippen molar-refractivity contribution in [2.24, 2.45) is 5.92 Å². The second-order valence-electron chi connectivity index (χ2n) is 7.32. The lowest BCUT2D eigenvalue weighted by Gasteiger charge is -2.18. The van der Waals surface area contributed by atoms with Crippen LogP contribution in [0.25, 0.3) is 0 Å². The normalized spacial score (nSPS) is 21.1. The Morgan fingerprint density at radius 1 is 1.11 bits per heavy atom. The Bertz CT molecular complexity index is 818. The van der Waals surface area contributed by atoms with Crippen LogP contribution < -0.4 is 10.5 Å². The molecular weight excluding hydrogens is 379 g/mol. The molecule has 1 aliphatic heterocycles. The molecule has 28 heavy (non-hydrogen) atoms. The van der Waals surface area contributed by atoms with Gasteiger partial charge in [-0.05, 0) is 42.7 Å². The van der Waals surface area contributed by atoms with E-state index in [2.05, 4.69) is 5.32 Å². The van der Waals surface area contributed by atoms with Crippen LogP contribution in [0.2, 0.25) is 6.55 Å². The fourth-order valence-corrected chi connectivity index (χ4v) is 5.25. The molecule has 2 nitrogen and oxygen atoms in total. The third-order valence-corrected chi connectivity index (χ3v) is 7.88. The zero-order valence-corrected chi connectivity index (χ0v) is 16.9. The number of hydrogen-bond donors (Lipinski definition) is 1. The molecular formula is C22H24F3NOSi. The first-order valence-electron chi connectivity index (χ1n) is 9.49. The van der Waals surface area contributed by atoms with Crippen LogP contribution in [-0.2, 0) is 11.0 Å². The molecule has 0 radical (unpaired) electrons.